The average Bonchev–Trinajstić information content (AvgIpc) is 2.26. The van der Waals surface area contributed by atoms with Crippen molar-refractivity contribution in [1.82, 2.24) is 4.98 Å². The molecule has 0 radical (unpaired) electrons. The van der Waals surface area contributed by atoms with Gasteiger partial charge in [0.1, 0.15) is 11.3 Å². The van der Waals surface area contributed by atoms with E-state index in [2.05, 4.69) is 9.72 Å². The number of pyridine rings is 1. The van der Waals surface area contributed by atoms with Crippen molar-refractivity contribution in [2.45, 2.75) is 26.4 Å². The van der Waals surface area contributed by atoms with Crippen molar-refractivity contribution >= 4 is 11.9 Å². The Morgan fingerprint density at radius 1 is 1.24 bits per heavy atom. The quantitative estimate of drug-likeness (QED) is 0.734. The number of hydrogen-bond donors (Lipinski definition) is 0. The monoisotopic (exact) mass is 237 g/mol. The van der Waals surface area contributed by atoms with Crippen molar-refractivity contribution in [2.75, 3.05) is 7.11 Å². The van der Waals surface area contributed by atoms with E-state index in [1.165, 1.54) is 25.4 Å². The first-order valence-corrected chi connectivity index (χ1v) is 5.11. The van der Waals surface area contributed by atoms with Gasteiger partial charge in [-0.3, -0.25) is 0 Å². The maximum Gasteiger partial charge on any atom is 0.357 e. The normalized spacial score (nSPS) is 10.8. The van der Waals surface area contributed by atoms with Crippen LogP contribution in [0.1, 0.15) is 41.6 Å². The van der Waals surface area contributed by atoms with Gasteiger partial charge in [-0.05, 0) is 32.9 Å². The van der Waals surface area contributed by atoms with Crippen LogP contribution in [0.2, 0.25) is 0 Å². The number of ether oxygens (including phenoxy) is 2. The number of nitrogens with zero attached hydrogens (tertiary/aromatic N) is 1. The molecule has 92 valence electrons. The van der Waals surface area contributed by atoms with E-state index < -0.39 is 17.5 Å². The summed E-state index contributed by atoms with van der Waals surface area (Å²) in [5.41, 5.74) is -0.244. The van der Waals surface area contributed by atoms with E-state index in [9.17, 15) is 9.59 Å². The van der Waals surface area contributed by atoms with Gasteiger partial charge in [-0.1, -0.05) is 0 Å². The summed E-state index contributed by atoms with van der Waals surface area (Å²) >= 11 is 0. The second-order valence-electron chi connectivity index (χ2n) is 4.42. The molecule has 0 unspecified atom stereocenters. The van der Waals surface area contributed by atoms with Gasteiger partial charge in [-0.2, -0.15) is 0 Å². The molecule has 17 heavy (non-hydrogen) atoms. The topological polar surface area (TPSA) is 65.5 Å². The molecule has 0 N–H and O–H groups in total. The predicted octanol–water partition coefficient (Wildman–Crippen LogP) is 1.82. The summed E-state index contributed by atoms with van der Waals surface area (Å²) in [6, 6.07) is 2.82. The lowest BCUT2D eigenvalue weighted by Crippen LogP contribution is -2.24. The van der Waals surface area contributed by atoms with E-state index in [-0.39, 0.29) is 11.3 Å². The third-order valence-electron chi connectivity index (χ3n) is 1.79. The SMILES string of the molecule is COC(=O)c1ccnc(C(=O)OC(C)(C)C)c1. The molecule has 0 saturated carbocycles. The Balaban J connectivity index is 2.92. The van der Waals surface area contributed by atoms with Crippen molar-refractivity contribution < 1.29 is 19.1 Å². The highest BCUT2D eigenvalue weighted by Crippen LogP contribution is 2.12. The standard InChI is InChI=1S/C12H15NO4/c1-12(2,3)17-11(15)9-7-8(5-6-13-9)10(14)16-4/h5-7H,1-4H3. The van der Waals surface area contributed by atoms with Gasteiger partial charge in [-0.25, -0.2) is 14.6 Å². The molecule has 0 aliphatic rings. The van der Waals surface area contributed by atoms with E-state index in [1.54, 1.807) is 20.8 Å². The minimum absolute atomic E-state index is 0.0859. The van der Waals surface area contributed by atoms with Crippen molar-refractivity contribution in [3.8, 4) is 0 Å². The third-order valence-corrected chi connectivity index (χ3v) is 1.79. The zero-order valence-corrected chi connectivity index (χ0v) is 10.3. The number of esters is 2. The van der Waals surface area contributed by atoms with Crippen LogP contribution in [-0.4, -0.2) is 29.6 Å². The van der Waals surface area contributed by atoms with Crippen molar-refractivity contribution in [3.05, 3.63) is 29.6 Å². The first kappa shape index (κ1) is 13.2. The summed E-state index contributed by atoms with van der Waals surface area (Å²) in [5.74, 6) is -1.08. The highest BCUT2D eigenvalue weighted by Gasteiger charge is 2.19. The molecule has 1 aromatic rings. The van der Waals surface area contributed by atoms with E-state index in [0.29, 0.717) is 0 Å². The molecular formula is C12H15NO4. The molecule has 0 aromatic carbocycles. The summed E-state index contributed by atoms with van der Waals surface area (Å²) in [4.78, 5) is 26.8. The molecule has 0 saturated heterocycles. The maximum atomic E-state index is 11.7. The van der Waals surface area contributed by atoms with Crippen molar-refractivity contribution in [1.29, 1.82) is 0 Å². The Bertz CT molecular complexity index is 434. The largest absolute Gasteiger partial charge is 0.465 e. The van der Waals surface area contributed by atoms with Gasteiger partial charge in [0, 0.05) is 6.20 Å². The minimum atomic E-state index is -0.597. The van der Waals surface area contributed by atoms with Crippen LogP contribution in [0.25, 0.3) is 0 Å². The van der Waals surface area contributed by atoms with Crippen LogP contribution in [-0.2, 0) is 9.47 Å². The molecule has 0 spiro atoms. The Morgan fingerprint density at radius 3 is 2.41 bits per heavy atom. The van der Waals surface area contributed by atoms with E-state index in [0.717, 1.165) is 0 Å². The van der Waals surface area contributed by atoms with E-state index in [1.807, 2.05) is 0 Å². The highest BCUT2D eigenvalue weighted by molar-refractivity contribution is 5.93. The number of carbonyl (C=O) groups excluding carboxylic acids is 2. The van der Waals surface area contributed by atoms with Crippen LogP contribution in [0, 0.1) is 0 Å². The van der Waals surface area contributed by atoms with E-state index >= 15 is 0 Å². The van der Waals surface area contributed by atoms with Gasteiger partial charge in [0.15, 0.2) is 0 Å². The van der Waals surface area contributed by atoms with Crippen LogP contribution in [0.5, 0.6) is 0 Å². The molecule has 0 amide bonds. The minimum Gasteiger partial charge on any atom is -0.465 e. The van der Waals surface area contributed by atoms with Crippen LogP contribution in [0.3, 0.4) is 0 Å². The molecule has 5 nitrogen and oxygen atoms in total. The van der Waals surface area contributed by atoms with Gasteiger partial charge >= 0.3 is 11.9 Å². The van der Waals surface area contributed by atoms with Crippen molar-refractivity contribution in [3.63, 3.8) is 0 Å². The highest BCUT2D eigenvalue weighted by atomic mass is 16.6. The number of methoxy groups -OCH3 is 1. The lowest BCUT2D eigenvalue weighted by molar-refractivity contribution is 0.00628. The Labute approximate surface area is 99.8 Å². The summed E-state index contributed by atoms with van der Waals surface area (Å²) in [5, 5.41) is 0. The fourth-order valence-electron chi connectivity index (χ4n) is 1.12. The number of carbonyl (C=O) groups is 2. The molecule has 0 aliphatic carbocycles. The molecule has 5 heteroatoms. The zero-order chi connectivity index (χ0) is 13.1. The lowest BCUT2D eigenvalue weighted by Gasteiger charge is -2.19. The second-order valence-corrected chi connectivity index (χ2v) is 4.42. The van der Waals surface area contributed by atoms with Crippen molar-refractivity contribution in [2.24, 2.45) is 0 Å². The molecule has 0 aliphatic heterocycles. The molecular weight excluding hydrogens is 222 g/mol. The first-order valence-electron chi connectivity index (χ1n) is 5.11. The Hall–Kier alpha value is -1.91. The van der Waals surface area contributed by atoms with Gasteiger partial charge in [-0.15, -0.1) is 0 Å². The summed E-state index contributed by atoms with van der Waals surface area (Å²) in [6.45, 7) is 5.28. The summed E-state index contributed by atoms with van der Waals surface area (Å²) in [6.07, 6.45) is 1.37. The summed E-state index contributed by atoms with van der Waals surface area (Å²) in [7, 11) is 1.27. The van der Waals surface area contributed by atoms with Gasteiger partial charge in [0.25, 0.3) is 0 Å². The molecule has 1 heterocycles. The van der Waals surface area contributed by atoms with Gasteiger partial charge in [0.2, 0.25) is 0 Å². The lowest BCUT2D eigenvalue weighted by atomic mass is 10.2. The third kappa shape index (κ3) is 3.86. The number of rotatable bonds is 2. The smallest absolute Gasteiger partial charge is 0.357 e. The second kappa shape index (κ2) is 4.95. The first-order chi connectivity index (χ1) is 7.83. The van der Waals surface area contributed by atoms with E-state index in [4.69, 9.17) is 4.74 Å². The van der Waals surface area contributed by atoms with Gasteiger partial charge < -0.3 is 9.47 Å². The van der Waals surface area contributed by atoms with Crippen LogP contribution < -0.4 is 0 Å². The number of hydrogen-bond acceptors (Lipinski definition) is 5. The summed E-state index contributed by atoms with van der Waals surface area (Å²) < 4.78 is 9.69. The maximum absolute atomic E-state index is 11.7. The zero-order valence-electron chi connectivity index (χ0n) is 10.3. The molecule has 1 aromatic heterocycles. The molecule has 0 atom stereocenters. The molecule has 0 fully saturated rings. The van der Waals surface area contributed by atoms with Crippen LogP contribution in [0.15, 0.2) is 18.3 Å². The average molecular weight is 237 g/mol. The fourth-order valence-corrected chi connectivity index (χ4v) is 1.12. The number of aromatic nitrogens is 1. The van der Waals surface area contributed by atoms with Gasteiger partial charge in [0.05, 0.1) is 12.7 Å². The Morgan fingerprint density at radius 2 is 1.88 bits per heavy atom. The van der Waals surface area contributed by atoms with Crippen LogP contribution >= 0.6 is 0 Å². The fraction of sp³-hybridized carbons (Fsp3) is 0.417. The predicted molar refractivity (Wildman–Crippen MR) is 60.7 cm³/mol. The molecule has 0 bridgehead atoms. The van der Waals surface area contributed by atoms with Crippen LogP contribution in [0.4, 0.5) is 0 Å². The Kier molecular flexibility index (Phi) is 3.83. The molecule has 1 rings (SSSR count).